The van der Waals surface area contributed by atoms with E-state index in [1.807, 2.05) is 60.7 Å². The van der Waals surface area contributed by atoms with Gasteiger partial charge in [0.15, 0.2) is 17.3 Å². The number of aromatic amines is 1. The Morgan fingerprint density at radius 2 is 1.51 bits per heavy atom. The highest BCUT2D eigenvalue weighted by Crippen LogP contribution is 2.39. The number of Topliss-reactive ketones (excluding diaryl/α,β-unsaturated/α-hetero) is 1. The molecule has 1 aromatic heterocycles. The number of fused-ring (bicyclic) bond motifs is 2. The molecule has 0 spiro atoms. The predicted octanol–water partition coefficient (Wildman–Crippen LogP) is 6.17. The topological polar surface area (TPSA) is 73.4 Å². The minimum atomic E-state index is -0.226. The van der Waals surface area contributed by atoms with Crippen molar-refractivity contribution in [3.05, 3.63) is 95.8 Å². The maximum atomic E-state index is 14.0. The Morgan fingerprint density at radius 1 is 0.829 bits per heavy atom. The first-order valence-electron chi connectivity index (χ1n) is 11.1. The van der Waals surface area contributed by atoms with Crippen LogP contribution in [-0.2, 0) is 0 Å². The summed E-state index contributed by atoms with van der Waals surface area (Å²) in [6.45, 7) is 0. The van der Waals surface area contributed by atoms with Gasteiger partial charge in [0.1, 0.15) is 5.82 Å². The Kier molecular flexibility index (Phi) is 5.94. The van der Waals surface area contributed by atoms with E-state index < -0.39 is 0 Å². The average molecular weight is 465 g/mol. The molecular weight excluding hydrogens is 440 g/mol. The van der Waals surface area contributed by atoms with Gasteiger partial charge in [0, 0.05) is 5.56 Å². The fourth-order valence-corrected chi connectivity index (χ4v) is 4.22. The summed E-state index contributed by atoms with van der Waals surface area (Å²) < 4.78 is 16.4. The molecule has 0 bridgehead atoms. The second kappa shape index (κ2) is 9.35. The van der Waals surface area contributed by atoms with E-state index in [4.69, 9.17) is 19.2 Å². The number of rotatable bonds is 7. The summed E-state index contributed by atoms with van der Waals surface area (Å²) in [5.41, 5.74) is 3.37. The number of allylic oxidation sites excluding steroid dienone is 1. The van der Waals surface area contributed by atoms with Gasteiger partial charge >= 0.3 is 0 Å². The third kappa shape index (κ3) is 4.10. The lowest BCUT2D eigenvalue weighted by atomic mass is 9.97. The fraction of sp³-hybridized carbons (Fsp3) is 0.103. The molecule has 5 rings (SSSR count). The van der Waals surface area contributed by atoms with E-state index in [-0.39, 0.29) is 5.78 Å². The first-order valence-corrected chi connectivity index (χ1v) is 11.1. The van der Waals surface area contributed by atoms with E-state index in [0.29, 0.717) is 34.2 Å². The molecule has 0 aliphatic carbocycles. The Hall–Kier alpha value is -4.58. The van der Waals surface area contributed by atoms with Crippen LogP contribution >= 0.6 is 0 Å². The molecule has 0 atom stereocenters. The average Bonchev–Trinajstić information content (AvgIpc) is 3.34. The number of H-pyrrole nitrogens is 1. The van der Waals surface area contributed by atoms with E-state index >= 15 is 0 Å². The van der Waals surface area contributed by atoms with Crippen molar-refractivity contribution >= 4 is 39.2 Å². The smallest absolute Gasteiger partial charge is 0.203 e. The summed E-state index contributed by atoms with van der Waals surface area (Å²) in [7, 11) is 4.58. The number of benzene rings is 4. The van der Waals surface area contributed by atoms with Crippen LogP contribution in [0.1, 0.15) is 21.7 Å². The molecule has 174 valence electrons. The Bertz CT molecular complexity index is 1520. The molecular formula is C29H24N2O4. The van der Waals surface area contributed by atoms with Gasteiger partial charge in [0.25, 0.3) is 0 Å². The zero-order valence-corrected chi connectivity index (χ0v) is 19.7. The zero-order valence-electron chi connectivity index (χ0n) is 19.7. The van der Waals surface area contributed by atoms with Gasteiger partial charge in [0.2, 0.25) is 5.75 Å². The summed E-state index contributed by atoms with van der Waals surface area (Å²) >= 11 is 0. The number of nitrogens with zero attached hydrogens (tertiary/aromatic N) is 1. The molecule has 0 aliphatic heterocycles. The van der Waals surface area contributed by atoms with Crippen LogP contribution in [0.15, 0.2) is 78.9 Å². The van der Waals surface area contributed by atoms with Crippen LogP contribution in [0.5, 0.6) is 17.2 Å². The van der Waals surface area contributed by atoms with Crippen LogP contribution in [0.4, 0.5) is 0 Å². The normalized spacial score (nSPS) is 11.6. The summed E-state index contributed by atoms with van der Waals surface area (Å²) in [5.74, 6) is 1.50. The number of carbonyl (C=O) groups is 1. The van der Waals surface area contributed by atoms with Crippen molar-refractivity contribution < 1.29 is 19.0 Å². The molecule has 1 heterocycles. The molecule has 6 nitrogen and oxygen atoms in total. The number of nitrogens with one attached hydrogen (secondary N) is 1. The van der Waals surface area contributed by atoms with Crippen molar-refractivity contribution in [2.24, 2.45) is 0 Å². The molecule has 0 amide bonds. The zero-order chi connectivity index (χ0) is 24.4. The van der Waals surface area contributed by atoms with Gasteiger partial charge in [0.05, 0.1) is 37.9 Å². The molecule has 0 unspecified atom stereocenters. The Morgan fingerprint density at radius 3 is 2.23 bits per heavy atom. The lowest BCUT2D eigenvalue weighted by Gasteiger charge is -2.14. The minimum absolute atomic E-state index is 0.226. The second-order valence-corrected chi connectivity index (χ2v) is 7.97. The fourth-order valence-electron chi connectivity index (χ4n) is 4.22. The summed E-state index contributed by atoms with van der Waals surface area (Å²) in [5, 5.41) is 2.13. The van der Waals surface area contributed by atoms with Crippen molar-refractivity contribution in [3.8, 4) is 17.2 Å². The van der Waals surface area contributed by atoms with E-state index in [1.165, 1.54) is 21.3 Å². The van der Waals surface area contributed by atoms with Gasteiger partial charge in [-0.25, -0.2) is 4.98 Å². The summed E-state index contributed by atoms with van der Waals surface area (Å²) in [4.78, 5) is 22.0. The number of aromatic nitrogens is 2. The molecule has 4 aromatic carbocycles. The first kappa shape index (κ1) is 22.2. The van der Waals surface area contributed by atoms with Gasteiger partial charge in [-0.15, -0.1) is 0 Å². The Balaban J connectivity index is 1.73. The van der Waals surface area contributed by atoms with Gasteiger partial charge in [-0.1, -0.05) is 54.6 Å². The van der Waals surface area contributed by atoms with Crippen molar-refractivity contribution in [2.75, 3.05) is 21.3 Å². The number of para-hydroxylation sites is 2. The van der Waals surface area contributed by atoms with Crippen molar-refractivity contribution in [1.29, 1.82) is 0 Å². The van der Waals surface area contributed by atoms with Crippen LogP contribution in [-0.4, -0.2) is 37.1 Å². The molecule has 0 saturated carbocycles. The summed E-state index contributed by atoms with van der Waals surface area (Å²) in [6, 6.07) is 25.1. The number of imidazole rings is 1. The van der Waals surface area contributed by atoms with Gasteiger partial charge < -0.3 is 19.2 Å². The van der Waals surface area contributed by atoms with Crippen LogP contribution in [0.3, 0.4) is 0 Å². The highest BCUT2D eigenvalue weighted by atomic mass is 16.5. The van der Waals surface area contributed by atoms with Gasteiger partial charge in [-0.05, 0) is 46.7 Å². The molecule has 35 heavy (non-hydrogen) atoms. The van der Waals surface area contributed by atoms with Crippen LogP contribution in [0, 0.1) is 0 Å². The Labute approximate surface area is 202 Å². The maximum absolute atomic E-state index is 14.0. The van der Waals surface area contributed by atoms with Crippen LogP contribution in [0.2, 0.25) is 0 Å². The maximum Gasteiger partial charge on any atom is 0.203 e. The van der Waals surface area contributed by atoms with Crippen molar-refractivity contribution in [3.63, 3.8) is 0 Å². The monoisotopic (exact) mass is 464 g/mol. The molecule has 6 heteroatoms. The lowest BCUT2D eigenvalue weighted by molar-refractivity contribution is 0.105. The van der Waals surface area contributed by atoms with Crippen LogP contribution < -0.4 is 14.2 Å². The third-order valence-corrected chi connectivity index (χ3v) is 5.94. The highest BCUT2D eigenvalue weighted by Gasteiger charge is 2.23. The number of carbonyl (C=O) groups excluding carboxylic acids is 1. The van der Waals surface area contributed by atoms with E-state index in [1.54, 1.807) is 12.1 Å². The number of hydrogen-bond acceptors (Lipinski definition) is 5. The SMILES string of the molecule is COc1cc(C(=O)/C(=C/c2cccc3ccccc23)c2nc3ccccc3[nH]2)cc(OC)c1OC. The predicted molar refractivity (Wildman–Crippen MR) is 138 cm³/mol. The lowest BCUT2D eigenvalue weighted by Crippen LogP contribution is -2.06. The molecule has 0 fully saturated rings. The summed E-state index contributed by atoms with van der Waals surface area (Å²) in [6.07, 6.45) is 1.88. The van der Waals surface area contributed by atoms with E-state index in [2.05, 4.69) is 17.1 Å². The molecule has 0 radical (unpaired) electrons. The third-order valence-electron chi connectivity index (χ3n) is 5.94. The molecule has 0 aliphatic rings. The second-order valence-electron chi connectivity index (χ2n) is 7.97. The molecule has 1 N–H and O–H groups in total. The van der Waals surface area contributed by atoms with E-state index in [0.717, 1.165) is 27.4 Å². The molecule has 5 aromatic rings. The highest BCUT2D eigenvalue weighted by molar-refractivity contribution is 6.32. The van der Waals surface area contributed by atoms with Gasteiger partial charge in [-0.2, -0.15) is 0 Å². The van der Waals surface area contributed by atoms with Crippen LogP contribution in [0.25, 0.3) is 33.5 Å². The van der Waals surface area contributed by atoms with E-state index in [9.17, 15) is 4.79 Å². The number of hydrogen-bond donors (Lipinski definition) is 1. The quantitative estimate of drug-likeness (QED) is 0.230. The minimum Gasteiger partial charge on any atom is -0.493 e. The number of ketones is 1. The molecule has 0 saturated heterocycles. The van der Waals surface area contributed by atoms with Gasteiger partial charge in [-0.3, -0.25) is 4.79 Å². The largest absolute Gasteiger partial charge is 0.493 e. The number of ether oxygens (including phenoxy) is 3. The first-order chi connectivity index (χ1) is 17.1. The van der Waals surface area contributed by atoms with Crippen molar-refractivity contribution in [1.82, 2.24) is 9.97 Å². The number of methoxy groups -OCH3 is 3. The standard InChI is InChI=1S/C29H24N2O4/c1-33-25-16-20(17-26(34-2)28(25)35-3)27(32)22(29-30-23-13-6-7-14-24(23)31-29)15-19-11-8-10-18-9-4-5-12-21(18)19/h4-17H,1-3H3,(H,30,31)/b22-15-. The van der Waals surface area contributed by atoms with Crippen molar-refractivity contribution in [2.45, 2.75) is 0 Å².